The van der Waals surface area contributed by atoms with Crippen molar-refractivity contribution in [2.24, 2.45) is 17.8 Å². The largest absolute Gasteiger partial charge is 0.352 e. The second-order valence-corrected chi connectivity index (χ2v) is 6.90. The SMILES string of the molecule is CN(C)C(=O)c1ccc(CNC(=O)C2CC3CCC2C3)cc1. The maximum atomic E-state index is 12.3. The van der Waals surface area contributed by atoms with Gasteiger partial charge < -0.3 is 10.2 Å². The summed E-state index contributed by atoms with van der Waals surface area (Å²) in [7, 11) is 3.48. The number of fused-ring (bicyclic) bond motifs is 2. The molecule has 1 N–H and O–H groups in total. The van der Waals surface area contributed by atoms with E-state index in [2.05, 4.69) is 5.32 Å². The lowest BCUT2D eigenvalue weighted by molar-refractivity contribution is -0.126. The Morgan fingerprint density at radius 3 is 2.41 bits per heavy atom. The van der Waals surface area contributed by atoms with Crippen molar-refractivity contribution in [3.8, 4) is 0 Å². The number of carbonyl (C=O) groups is 2. The molecule has 3 atom stereocenters. The van der Waals surface area contributed by atoms with E-state index in [0.717, 1.165) is 17.9 Å². The van der Waals surface area contributed by atoms with Crippen molar-refractivity contribution < 1.29 is 9.59 Å². The molecule has 0 heterocycles. The van der Waals surface area contributed by atoms with Gasteiger partial charge in [-0.15, -0.1) is 0 Å². The third-order valence-corrected chi connectivity index (χ3v) is 5.15. The normalized spacial score (nSPS) is 26.0. The van der Waals surface area contributed by atoms with Crippen molar-refractivity contribution in [2.75, 3.05) is 14.1 Å². The summed E-state index contributed by atoms with van der Waals surface area (Å²) >= 11 is 0. The second-order valence-electron chi connectivity index (χ2n) is 6.90. The van der Waals surface area contributed by atoms with Gasteiger partial charge in [-0.3, -0.25) is 9.59 Å². The fraction of sp³-hybridized carbons (Fsp3) is 0.556. The van der Waals surface area contributed by atoms with Crippen LogP contribution in [0.5, 0.6) is 0 Å². The van der Waals surface area contributed by atoms with Crippen LogP contribution in [0.25, 0.3) is 0 Å². The maximum absolute atomic E-state index is 12.3. The van der Waals surface area contributed by atoms with E-state index in [-0.39, 0.29) is 17.7 Å². The van der Waals surface area contributed by atoms with E-state index in [1.54, 1.807) is 19.0 Å². The number of carbonyl (C=O) groups excluding carboxylic acids is 2. The van der Waals surface area contributed by atoms with Gasteiger partial charge in [-0.2, -0.15) is 0 Å². The number of nitrogens with zero attached hydrogens (tertiary/aromatic N) is 1. The fourth-order valence-electron chi connectivity index (χ4n) is 3.91. The highest BCUT2D eigenvalue weighted by Crippen LogP contribution is 2.48. The van der Waals surface area contributed by atoms with Crippen molar-refractivity contribution in [2.45, 2.75) is 32.2 Å². The highest BCUT2D eigenvalue weighted by Gasteiger charge is 2.42. The zero-order chi connectivity index (χ0) is 15.7. The van der Waals surface area contributed by atoms with Crippen LogP contribution >= 0.6 is 0 Å². The highest BCUT2D eigenvalue weighted by atomic mass is 16.2. The van der Waals surface area contributed by atoms with Crippen LogP contribution in [0.1, 0.15) is 41.6 Å². The van der Waals surface area contributed by atoms with Crippen molar-refractivity contribution in [1.29, 1.82) is 0 Å². The Labute approximate surface area is 131 Å². The highest BCUT2D eigenvalue weighted by molar-refractivity contribution is 5.93. The summed E-state index contributed by atoms with van der Waals surface area (Å²) in [4.78, 5) is 25.7. The molecule has 4 nitrogen and oxygen atoms in total. The predicted molar refractivity (Wildman–Crippen MR) is 85.2 cm³/mol. The average Bonchev–Trinajstić information content (AvgIpc) is 3.15. The topological polar surface area (TPSA) is 49.4 Å². The van der Waals surface area contributed by atoms with E-state index in [0.29, 0.717) is 18.0 Å². The van der Waals surface area contributed by atoms with Gasteiger partial charge in [0, 0.05) is 32.1 Å². The molecule has 0 aliphatic heterocycles. The summed E-state index contributed by atoms with van der Waals surface area (Å²) in [6.07, 6.45) is 4.87. The lowest BCUT2D eigenvalue weighted by Gasteiger charge is -2.20. The van der Waals surface area contributed by atoms with Crippen LogP contribution in [0.2, 0.25) is 0 Å². The molecule has 2 bridgehead atoms. The molecule has 4 heteroatoms. The monoisotopic (exact) mass is 300 g/mol. The molecular formula is C18H24N2O2. The predicted octanol–water partition coefficient (Wildman–Crippen LogP) is 2.44. The Bertz CT molecular complexity index is 565. The summed E-state index contributed by atoms with van der Waals surface area (Å²) in [6, 6.07) is 7.47. The van der Waals surface area contributed by atoms with Crippen LogP contribution in [-0.4, -0.2) is 30.8 Å². The lowest BCUT2D eigenvalue weighted by atomic mass is 9.88. The van der Waals surface area contributed by atoms with Crippen molar-refractivity contribution in [3.05, 3.63) is 35.4 Å². The molecule has 118 valence electrons. The molecule has 2 fully saturated rings. The van der Waals surface area contributed by atoms with Crippen LogP contribution in [0.4, 0.5) is 0 Å². The van der Waals surface area contributed by atoms with Crippen LogP contribution in [-0.2, 0) is 11.3 Å². The van der Waals surface area contributed by atoms with Gasteiger partial charge >= 0.3 is 0 Å². The number of hydrogen-bond donors (Lipinski definition) is 1. The summed E-state index contributed by atoms with van der Waals surface area (Å²) in [5, 5.41) is 3.06. The molecule has 3 rings (SSSR count). The molecule has 22 heavy (non-hydrogen) atoms. The molecule has 3 unspecified atom stereocenters. The molecule has 2 amide bonds. The van der Waals surface area contributed by atoms with Crippen molar-refractivity contribution in [1.82, 2.24) is 10.2 Å². The first-order valence-electron chi connectivity index (χ1n) is 8.13. The van der Waals surface area contributed by atoms with E-state index in [4.69, 9.17) is 0 Å². The average molecular weight is 300 g/mol. The number of hydrogen-bond acceptors (Lipinski definition) is 2. The molecule has 1 aromatic rings. The summed E-state index contributed by atoms with van der Waals surface area (Å²) in [5.41, 5.74) is 1.71. The Morgan fingerprint density at radius 1 is 1.14 bits per heavy atom. The third-order valence-electron chi connectivity index (χ3n) is 5.15. The Hall–Kier alpha value is -1.84. The van der Waals surface area contributed by atoms with Gasteiger partial charge in [0.15, 0.2) is 0 Å². The molecular weight excluding hydrogens is 276 g/mol. The standard InChI is InChI=1S/C18H24N2O2/c1-20(2)18(22)14-6-3-12(4-7-14)11-19-17(21)16-10-13-5-8-15(16)9-13/h3-4,6-7,13,15-16H,5,8-11H2,1-2H3,(H,19,21). The fourth-order valence-corrected chi connectivity index (χ4v) is 3.91. The smallest absolute Gasteiger partial charge is 0.253 e. The quantitative estimate of drug-likeness (QED) is 0.928. The molecule has 2 saturated carbocycles. The Balaban J connectivity index is 1.53. The second kappa shape index (κ2) is 6.11. The van der Waals surface area contributed by atoms with Crippen LogP contribution in [0.3, 0.4) is 0 Å². The van der Waals surface area contributed by atoms with Gasteiger partial charge in [0.2, 0.25) is 5.91 Å². The first kappa shape index (κ1) is 15.1. The van der Waals surface area contributed by atoms with Gasteiger partial charge in [0.1, 0.15) is 0 Å². The van der Waals surface area contributed by atoms with Gasteiger partial charge in [-0.05, 0) is 48.8 Å². The lowest BCUT2D eigenvalue weighted by Crippen LogP contribution is -2.33. The molecule has 0 saturated heterocycles. The minimum absolute atomic E-state index is 0.00225. The van der Waals surface area contributed by atoms with Gasteiger partial charge in [0.25, 0.3) is 5.91 Å². The summed E-state index contributed by atoms with van der Waals surface area (Å²) in [5.74, 6) is 1.84. The Morgan fingerprint density at radius 2 is 1.86 bits per heavy atom. The molecule has 2 aliphatic rings. The zero-order valence-corrected chi connectivity index (χ0v) is 13.3. The van der Waals surface area contributed by atoms with Gasteiger partial charge in [0.05, 0.1) is 0 Å². The van der Waals surface area contributed by atoms with Crippen molar-refractivity contribution in [3.63, 3.8) is 0 Å². The van der Waals surface area contributed by atoms with E-state index in [1.165, 1.54) is 19.3 Å². The first-order valence-corrected chi connectivity index (χ1v) is 8.13. The van der Waals surface area contributed by atoms with Gasteiger partial charge in [-0.1, -0.05) is 18.6 Å². The molecule has 0 aromatic heterocycles. The minimum Gasteiger partial charge on any atom is -0.352 e. The van der Waals surface area contributed by atoms with Gasteiger partial charge in [-0.25, -0.2) is 0 Å². The Kier molecular flexibility index (Phi) is 4.19. The third kappa shape index (κ3) is 3.01. The number of rotatable bonds is 4. The number of amides is 2. The number of nitrogens with one attached hydrogen (secondary N) is 1. The van der Waals surface area contributed by atoms with Crippen LogP contribution in [0, 0.1) is 17.8 Å². The molecule has 2 aliphatic carbocycles. The molecule has 0 spiro atoms. The van der Waals surface area contributed by atoms with E-state index >= 15 is 0 Å². The van der Waals surface area contributed by atoms with E-state index < -0.39 is 0 Å². The van der Waals surface area contributed by atoms with Crippen LogP contribution in [0.15, 0.2) is 24.3 Å². The summed E-state index contributed by atoms with van der Waals surface area (Å²) < 4.78 is 0. The van der Waals surface area contributed by atoms with E-state index in [1.807, 2.05) is 24.3 Å². The zero-order valence-electron chi connectivity index (χ0n) is 13.3. The molecule has 0 radical (unpaired) electrons. The van der Waals surface area contributed by atoms with E-state index in [9.17, 15) is 9.59 Å². The summed E-state index contributed by atoms with van der Waals surface area (Å²) in [6.45, 7) is 0.545. The maximum Gasteiger partial charge on any atom is 0.253 e. The van der Waals surface area contributed by atoms with Crippen molar-refractivity contribution >= 4 is 11.8 Å². The van der Waals surface area contributed by atoms with Crippen LogP contribution < -0.4 is 5.32 Å². The minimum atomic E-state index is -0.00225. The number of benzene rings is 1. The molecule has 1 aromatic carbocycles. The first-order chi connectivity index (χ1) is 10.5.